The minimum absolute atomic E-state index is 0.00823. The first-order valence-electron chi connectivity index (χ1n) is 4.83. The summed E-state index contributed by atoms with van der Waals surface area (Å²) >= 11 is 0. The number of methoxy groups -OCH3 is 3. The molecule has 0 aliphatic carbocycles. The predicted molar refractivity (Wildman–Crippen MR) is 62.1 cm³/mol. The van der Waals surface area contributed by atoms with E-state index in [1.807, 2.05) is 12.2 Å². The molecule has 0 aliphatic rings. The average Bonchev–Trinajstić information content (AvgIpc) is 2.31. The van der Waals surface area contributed by atoms with E-state index in [0.29, 0.717) is 18.1 Å². The van der Waals surface area contributed by atoms with Crippen molar-refractivity contribution in [1.82, 2.24) is 0 Å². The molecule has 0 fully saturated rings. The molecule has 0 aromatic heterocycles. The van der Waals surface area contributed by atoms with E-state index in [-0.39, 0.29) is 5.75 Å². The maximum absolute atomic E-state index is 9.69. The number of hydrogen-bond acceptors (Lipinski definition) is 4. The quantitative estimate of drug-likeness (QED) is 0.831. The Hall–Kier alpha value is -1.68. The van der Waals surface area contributed by atoms with Gasteiger partial charge >= 0.3 is 0 Å². The largest absolute Gasteiger partial charge is 0.502 e. The second-order valence-electron chi connectivity index (χ2n) is 3.13. The third kappa shape index (κ3) is 2.90. The smallest absolute Gasteiger partial charge is 0.200 e. The minimum atomic E-state index is 0.00823. The zero-order valence-corrected chi connectivity index (χ0v) is 9.69. The van der Waals surface area contributed by atoms with E-state index >= 15 is 0 Å². The van der Waals surface area contributed by atoms with Gasteiger partial charge in [0.25, 0.3) is 0 Å². The summed E-state index contributed by atoms with van der Waals surface area (Å²) in [6, 6.07) is 3.45. The van der Waals surface area contributed by atoms with Crippen LogP contribution in [0.15, 0.2) is 18.2 Å². The Kier molecular flexibility index (Phi) is 4.66. The maximum Gasteiger partial charge on any atom is 0.200 e. The molecular weight excluding hydrogens is 208 g/mol. The van der Waals surface area contributed by atoms with Crippen LogP contribution in [0.25, 0.3) is 6.08 Å². The molecule has 0 bridgehead atoms. The summed E-state index contributed by atoms with van der Waals surface area (Å²) < 4.78 is 15.0. The minimum Gasteiger partial charge on any atom is -0.502 e. The van der Waals surface area contributed by atoms with Crippen molar-refractivity contribution in [3.8, 4) is 17.2 Å². The van der Waals surface area contributed by atoms with Gasteiger partial charge in [0.15, 0.2) is 11.5 Å². The first kappa shape index (κ1) is 12.4. The molecule has 1 aromatic rings. The third-order valence-corrected chi connectivity index (χ3v) is 2.08. The number of benzene rings is 1. The highest BCUT2D eigenvalue weighted by Crippen LogP contribution is 2.37. The highest BCUT2D eigenvalue weighted by atomic mass is 16.5. The predicted octanol–water partition coefficient (Wildman–Crippen LogP) is 2.07. The SMILES string of the molecule is COC/C=C/c1cc(OC)c(O)c(OC)c1. The van der Waals surface area contributed by atoms with Crippen LogP contribution < -0.4 is 9.47 Å². The van der Waals surface area contributed by atoms with Crippen molar-refractivity contribution in [3.05, 3.63) is 23.8 Å². The molecule has 1 aromatic carbocycles. The summed E-state index contributed by atoms with van der Waals surface area (Å²) in [7, 11) is 4.62. The van der Waals surface area contributed by atoms with Gasteiger partial charge < -0.3 is 19.3 Å². The lowest BCUT2D eigenvalue weighted by Crippen LogP contribution is -1.90. The molecule has 0 radical (unpaired) electrons. The van der Waals surface area contributed by atoms with E-state index in [0.717, 1.165) is 5.56 Å². The number of ether oxygens (including phenoxy) is 3. The van der Waals surface area contributed by atoms with Crippen LogP contribution in [-0.4, -0.2) is 33.0 Å². The lowest BCUT2D eigenvalue weighted by atomic mass is 10.1. The van der Waals surface area contributed by atoms with Crippen molar-refractivity contribution in [2.75, 3.05) is 27.9 Å². The fourth-order valence-corrected chi connectivity index (χ4v) is 1.29. The van der Waals surface area contributed by atoms with E-state index < -0.39 is 0 Å². The molecule has 0 atom stereocenters. The van der Waals surface area contributed by atoms with Crippen LogP contribution in [0, 0.1) is 0 Å². The lowest BCUT2D eigenvalue weighted by molar-refractivity contribution is 0.234. The second kappa shape index (κ2) is 6.02. The molecule has 4 nitrogen and oxygen atoms in total. The van der Waals surface area contributed by atoms with E-state index in [1.165, 1.54) is 14.2 Å². The van der Waals surface area contributed by atoms with Gasteiger partial charge in [-0.25, -0.2) is 0 Å². The Morgan fingerprint density at radius 3 is 2.12 bits per heavy atom. The van der Waals surface area contributed by atoms with Gasteiger partial charge in [-0.3, -0.25) is 0 Å². The molecule has 0 unspecified atom stereocenters. The first-order valence-corrected chi connectivity index (χ1v) is 4.83. The molecule has 0 amide bonds. The van der Waals surface area contributed by atoms with Crippen LogP contribution in [0.2, 0.25) is 0 Å². The Balaban J connectivity index is 3.02. The first-order chi connectivity index (χ1) is 7.72. The third-order valence-electron chi connectivity index (χ3n) is 2.08. The number of hydrogen-bond donors (Lipinski definition) is 1. The van der Waals surface area contributed by atoms with Crippen LogP contribution in [0.1, 0.15) is 5.56 Å². The molecule has 0 saturated carbocycles. The lowest BCUT2D eigenvalue weighted by Gasteiger charge is -2.09. The molecule has 0 heterocycles. The van der Waals surface area contributed by atoms with E-state index in [9.17, 15) is 5.11 Å². The fraction of sp³-hybridized carbons (Fsp3) is 0.333. The molecule has 88 valence electrons. The van der Waals surface area contributed by atoms with Crippen LogP contribution in [0.4, 0.5) is 0 Å². The summed E-state index contributed by atoms with van der Waals surface area (Å²) in [5, 5.41) is 9.69. The Labute approximate surface area is 95.1 Å². The number of phenols is 1. The van der Waals surface area contributed by atoms with Crippen LogP contribution in [0.3, 0.4) is 0 Å². The second-order valence-corrected chi connectivity index (χ2v) is 3.13. The zero-order valence-electron chi connectivity index (χ0n) is 9.69. The summed E-state index contributed by atoms with van der Waals surface area (Å²) in [5.41, 5.74) is 0.878. The van der Waals surface area contributed by atoms with Crippen molar-refractivity contribution in [3.63, 3.8) is 0 Å². The van der Waals surface area contributed by atoms with Crippen molar-refractivity contribution >= 4 is 6.08 Å². The molecule has 1 N–H and O–H groups in total. The van der Waals surface area contributed by atoms with E-state index in [4.69, 9.17) is 14.2 Å². The monoisotopic (exact) mass is 224 g/mol. The van der Waals surface area contributed by atoms with Crippen molar-refractivity contribution in [1.29, 1.82) is 0 Å². The summed E-state index contributed by atoms with van der Waals surface area (Å²) in [6.07, 6.45) is 3.74. The van der Waals surface area contributed by atoms with Gasteiger partial charge in [0.1, 0.15) is 0 Å². The number of phenolic OH excluding ortho intramolecular Hbond substituents is 1. The van der Waals surface area contributed by atoms with Gasteiger partial charge in [0, 0.05) is 7.11 Å². The Morgan fingerprint density at radius 1 is 1.12 bits per heavy atom. The van der Waals surface area contributed by atoms with Crippen molar-refractivity contribution in [2.45, 2.75) is 0 Å². The van der Waals surface area contributed by atoms with Crippen molar-refractivity contribution in [2.24, 2.45) is 0 Å². The standard InChI is InChI=1S/C12H16O4/c1-14-6-4-5-9-7-10(15-2)12(13)11(8-9)16-3/h4-5,7-8,13H,6H2,1-3H3/b5-4+. The molecule has 0 spiro atoms. The molecule has 4 heteroatoms. The molecular formula is C12H16O4. The van der Waals surface area contributed by atoms with Crippen LogP contribution in [-0.2, 0) is 4.74 Å². The van der Waals surface area contributed by atoms with Gasteiger partial charge in [-0.15, -0.1) is 0 Å². The van der Waals surface area contributed by atoms with Crippen LogP contribution >= 0.6 is 0 Å². The average molecular weight is 224 g/mol. The number of aromatic hydroxyl groups is 1. The van der Waals surface area contributed by atoms with Gasteiger partial charge in [0.2, 0.25) is 5.75 Å². The summed E-state index contributed by atoms with van der Waals surface area (Å²) in [5.74, 6) is 0.779. The molecule has 1 rings (SSSR count). The number of rotatable bonds is 5. The highest BCUT2D eigenvalue weighted by molar-refractivity contribution is 5.61. The summed E-state index contributed by atoms with van der Waals surface area (Å²) in [4.78, 5) is 0. The Morgan fingerprint density at radius 2 is 1.69 bits per heavy atom. The van der Waals surface area contributed by atoms with Gasteiger partial charge in [0.05, 0.1) is 20.8 Å². The van der Waals surface area contributed by atoms with Gasteiger partial charge in [-0.2, -0.15) is 0 Å². The topological polar surface area (TPSA) is 47.9 Å². The highest BCUT2D eigenvalue weighted by Gasteiger charge is 2.09. The molecule has 16 heavy (non-hydrogen) atoms. The van der Waals surface area contributed by atoms with E-state index in [1.54, 1.807) is 19.2 Å². The molecule has 0 aliphatic heterocycles. The fourth-order valence-electron chi connectivity index (χ4n) is 1.29. The summed E-state index contributed by atoms with van der Waals surface area (Å²) in [6.45, 7) is 0.533. The van der Waals surface area contributed by atoms with E-state index in [2.05, 4.69) is 0 Å². The normalized spacial score (nSPS) is 10.7. The maximum atomic E-state index is 9.69. The van der Waals surface area contributed by atoms with Gasteiger partial charge in [-0.05, 0) is 17.7 Å². The Bertz CT molecular complexity index is 346. The molecule has 0 saturated heterocycles. The van der Waals surface area contributed by atoms with Crippen LogP contribution in [0.5, 0.6) is 17.2 Å². The van der Waals surface area contributed by atoms with Gasteiger partial charge in [-0.1, -0.05) is 12.2 Å². The van der Waals surface area contributed by atoms with Crippen molar-refractivity contribution < 1.29 is 19.3 Å². The zero-order chi connectivity index (χ0) is 12.0.